The summed E-state index contributed by atoms with van der Waals surface area (Å²) in [6.07, 6.45) is 5.40. The molecule has 0 aliphatic carbocycles. The zero-order chi connectivity index (χ0) is 12.9. The van der Waals surface area contributed by atoms with Crippen molar-refractivity contribution in [1.82, 2.24) is 9.97 Å². The second-order valence-corrected chi connectivity index (χ2v) is 4.07. The van der Waals surface area contributed by atoms with E-state index in [1.165, 1.54) is 0 Å². The predicted octanol–water partition coefficient (Wildman–Crippen LogP) is 3.95. The first-order valence-electron chi connectivity index (χ1n) is 6.11. The molecule has 3 rings (SSSR count). The number of nitrogens with zero attached hydrogens (tertiary/aromatic N) is 3. The molecule has 0 spiro atoms. The van der Waals surface area contributed by atoms with Gasteiger partial charge in [-0.2, -0.15) is 0 Å². The van der Waals surface area contributed by atoms with Gasteiger partial charge in [0, 0.05) is 18.1 Å². The number of pyridine rings is 2. The molecule has 3 nitrogen and oxygen atoms in total. The number of hydrogen-bond acceptors (Lipinski definition) is 3. The van der Waals surface area contributed by atoms with Crippen molar-refractivity contribution in [2.24, 2.45) is 0 Å². The van der Waals surface area contributed by atoms with Crippen molar-refractivity contribution in [3.05, 3.63) is 79.3 Å². The van der Waals surface area contributed by atoms with E-state index >= 15 is 0 Å². The highest BCUT2D eigenvalue weighted by molar-refractivity contribution is 5.73. The quantitative estimate of drug-likeness (QED) is 0.701. The monoisotopic (exact) mass is 247 g/mol. The highest BCUT2D eigenvalue weighted by Gasteiger charge is 2.12. The Labute approximate surface area is 112 Å². The fraction of sp³-hybridized carbons (Fsp3) is 0. The van der Waals surface area contributed by atoms with Crippen LogP contribution in [0.15, 0.2) is 79.3 Å². The molecule has 0 unspecified atom stereocenters. The van der Waals surface area contributed by atoms with Gasteiger partial charge in [-0.05, 0) is 36.4 Å². The first-order valence-corrected chi connectivity index (χ1v) is 6.11. The van der Waals surface area contributed by atoms with Crippen LogP contribution in [0, 0.1) is 0 Å². The molecule has 0 saturated heterocycles. The second-order valence-electron chi connectivity index (χ2n) is 4.07. The molecule has 3 aromatic rings. The van der Waals surface area contributed by atoms with Crippen LogP contribution in [-0.4, -0.2) is 9.97 Å². The highest BCUT2D eigenvalue weighted by Crippen LogP contribution is 2.31. The first kappa shape index (κ1) is 11.4. The zero-order valence-electron chi connectivity index (χ0n) is 10.3. The van der Waals surface area contributed by atoms with Crippen LogP contribution in [0.3, 0.4) is 0 Å². The van der Waals surface area contributed by atoms with E-state index in [1.54, 1.807) is 12.4 Å². The Morgan fingerprint density at radius 2 is 1.47 bits per heavy atom. The van der Waals surface area contributed by atoms with Crippen LogP contribution in [0.1, 0.15) is 0 Å². The predicted molar refractivity (Wildman–Crippen MR) is 76.7 cm³/mol. The molecule has 0 radical (unpaired) electrons. The normalized spacial score (nSPS) is 10.1. The molecule has 0 bridgehead atoms. The average molecular weight is 247 g/mol. The van der Waals surface area contributed by atoms with Crippen LogP contribution in [0.25, 0.3) is 0 Å². The topological polar surface area (TPSA) is 29.0 Å². The summed E-state index contributed by atoms with van der Waals surface area (Å²) >= 11 is 0. The number of benzene rings is 1. The fourth-order valence-electron chi connectivity index (χ4n) is 1.96. The Balaban J connectivity index is 2.12. The molecule has 92 valence electrons. The van der Waals surface area contributed by atoms with Crippen molar-refractivity contribution in [2.75, 3.05) is 4.90 Å². The average Bonchev–Trinajstić information content (AvgIpc) is 2.51. The largest absolute Gasteiger partial charge is 0.293 e. The van der Waals surface area contributed by atoms with E-state index in [2.05, 4.69) is 27.0 Å². The van der Waals surface area contributed by atoms with Gasteiger partial charge >= 0.3 is 0 Å². The zero-order valence-corrected chi connectivity index (χ0v) is 10.3. The first-order chi connectivity index (χ1) is 9.45. The molecule has 0 N–H and O–H groups in total. The van der Waals surface area contributed by atoms with E-state index in [0.29, 0.717) is 0 Å². The third kappa shape index (κ3) is 2.45. The Kier molecular flexibility index (Phi) is 3.19. The summed E-state index contributed by atoms with van der Waals surface area (Å²) in [6.45, 7) is 0. The summed E-state index contributed by atoms with van der Waals surface area (Å²) in [6, 6.07) is 20.0. The lowest BCUT2D eigenvalue weighted by molar-refractivity contribution is 1.16. The molecule has 0 aliphatic rings. The lowest BCUT2D eigenvalue weighted by Gasteiger charge is -2.23. The molecule has 0 atom stereocenters. The van der Waals surface area contributed by atoms with Gasteiger partial charge in [-0.15, -0.1) is 0 Å². The molecule has 2 heterocycles. The molecular weight excluding hydrogens is 234 g/mol. The van der Waals surface area contributed by atoms with E-state index in [9.17, 15) is 0 Å². The number of rotatable bonds is 3. The van der Waals surface area contributed by atoms with Crippen molar-refractivity contribution in [2.45, 2.75) is 0 Å². The summed E-state index contributed by atoms with van der Waals surface area (Å²) < 4.78 is 0. The van der Waals surface area contributed by atoms with Crippen LogP contribution in [0.4, 0.5) is 17.2 Å². The molecule has 19 heavy (non-hydrogen) atoms. The molecule has 0 fully saturated rings. The van der Waals surface area contributed by atoms with Crippen LogP contribution < -0.4 is 4.90 Å². The summed E-state index contributed by atoms with van der Waals surface area (Å²) in [5.41, 5.74) is 2.06. The minimum absolute atomic E-state index is 0.877. The van der Waals surface area contributed by atoms with Crippen molar-refractivity contribution in [3.8, 4) is 0 Å². The molecule has 3 heteroatoms. The Bertz CT molecular complexity index is 530. The van der Waals surface area contributed by atoms with Gasteiger partial charge in [0.2, 0.25) is 0 Å². The Morgan fingerprint density at radius 3 is 2.16 bits per heavy atom. The SMILES string of the molecule is c1ccc(N(c2cccnc2)c2ccccn2)cc1. The number of anilines is 3. The van der Waals surface area contributed by atoms with E-state index in [-0.39, 0.29) is 0 Å². The number of hydrogen-bond donors (Lipinski definition) is 0. The Hall–Kier alpha value is -2.68. The van der Waals surface area contributed by atoms with Gasteiger partial charge in [0.1, 0.15) is 5.82 Å². The summed E-state index contributed by atoms with van der Waals surface area (Å²) in [7, 11) is 0. The van der Waals surface area contributed by atoms with E-state index in [0.717, 1.165) is 17.2 Å². The molecule has 0 aliphatic heterocycles. The third-order valence-electron chi connectivity index (χ3n) is 2.80. The fourth-order valence-corrected chi connectivity index (χ4v) is 1.96. The van der Waals surface area contributed by atoms with Gasteiger partial charge in [-0.1, -0.05) is 24.3 Å². The molecular formula is C16H13N3. The van der Waals surface area contributed by atoms with Crippen LogP contribution in [-0.2, 0) is 0 Å². The molecule has 0 amide bonds. The van der Waals surface area contributed by atoms with Gasteiger partial charge in [0.15, 0.2) is 0 Å². The third-order valence-corrected chi connectivity index (χ3v) is 2.80. The molecule has 1 aromatic carbocycles. The standard InChI is InChI=1S/C16H13N3/c1-2-7-14(8-3-1)19(15-9-6-11-17-13-15)16-10-4-5-12-18-16/h1-13H. The van der Waals surface area contributed by atoms with Gasteiger partial charge in [-0.3, -0.25) is 9.88 Å². The lowest BCUT2D eigenvalue weighted by Crippen LogP contribution is -2.11. The number of aromatic nitrogens is 2. The van der Waals surface area contributed by atoms with Crippen LogP contribution >= 0.6 is 0 Å². The molecule has 2 aromatic heterocycles. The van der Waals surface area contributed by atoms with E-state index in [1.807, 2.05) is 54.7 Å². The van der Waals surface area contributed by atoms with Crippen LogP contribution in [0.5, 0.6) is 0 Å². The minimum atomic E-state index is 0.877. The number of para-hydroxylation sites is 1. The minimum Gasteiger partial charge on any atom is -0.293 e. The molecule has 0 saturated carbocycles. The summed E-state index contributed by atoms with van der Waals surface area (Å²) in [4.78, 5) is 10.7. The van der Waals surface area contributed by atoms with Gasteiger partial charge in [0.25, 0.3) is 0 Å². The van der Waals surface area contributed by atoms with Crippen molar-refractivity contribution in [1.29, 1.82) is 0 Å². The lowest BCUT2D eigenvalue weighted by atomic mass is 10.2. The van der Waals surface area contributed by atoms with Crippen LogP contribution in [0.2, 0.25) is 0 Å². The smallest absolute Gasteiger partial charge is 0.137 e. The van der Waals surface area contributed by atoms with Crippen molar-refractivity contribution < 1.29 is 0 Å². The maximum Gasteiger partial charge on any atom is 0.137 e. The summed E-state index contributed by atoms with van der Waals surface area (Å²) in [5, 5.41) is 0. The van der Waals surface area contributed by atoms with E-state index < -0.39 is 0 Å². The van der Waals surface area contributed by atoms with Crippen molar-refractivity contribution in [3.63, 3.8) is 0 Å². The van der Waals surface area contributed by atoms with Gasteiger partial charge in [-0.25, -0.2) is 4.98 Å². The van der Waals surface area contributed by atoms with Crippen molar-refractivity contribution >= 4 is 17.2 Å². The highest BCUT2D eigenvalue weighted by atomic mass is 15.2. The summed E-state index contributed by atoms with van der Waals surface area (Å²) in [5.74, 6) is 0.877. The van der Waals surface area contributed by atoms with E-state index in [4.69, 9.17) is 0 Å². The second kappa shape index (κ2) is 5.31. The maximum absolute atomic E-state index is 4.43. The maximum atomic E-state index is 4.43. The van der Waals surface area contributed by atoms with Gasteiger partial charge < -0.3 is 0 Å². The Morgan fingerprint density at radius 1 is 0.684 bits per heavy atom. The van der Waals surface area contributed by atoms with Gasteiger partial charge in [0.05, 0.1) is 11.9 Å².